The van der Waals surface area contributed by atoms with E-state index < -0.39 is 6.09 Å². The summed E-state index contributed by atoms with van der Waals surface area (Å²) in [5, 5.41) is 0. The Morgan fingerprint density at radius 2 is 1.95 bits per heavy atom. The molecule has 0 saturated heterocycles. The highest BCUT2D eigenvalue weighted by molar-refractivity contribution is 5.97. The summed E-state index contributed by atoms with van der Waals surface area (Å²) in [6, 6.07) is 13.4. The van der Waals surface area contributed by atoms with Crippen molar-refractivity contribution in [3.63, 3.8) is 0 Å². The molecule has 0 fully saturated rings. The summed E-state index contributed by atoms with van der Waals surface area (Å²) in [6.45, 7) is 4.17. The maximum atomic E-state index is 12.0. The molecule has 0 unspecified atom stereocenters. The van der Waals surface area contributed by atoms with Crippen molar-refractivity contribution in [3.8, 4) is 0 Å². The average Bonchev–Trinajstić information content (AvgIpc) is 2.45. The Morgan fingerprint density at radius 3 is 2.74 bits per heavy atom. The fraction of sp³-hybridized carbons (Fsp3) is 0.0667. The monoisotopic (exact) mass is 252 g/mol. The Balaban J connectivity index is 1.99. The summed E-state index contributed by atoms with van der Waals surface area (Å²) in [5.41, 5.74) is 1.77. The highest BCUT2D eigenvalue weighted by Crippen LogP contribution is 2.31. The number of fused-ring (bicyclic) bond motifs is 1. The molecule has 0 saturated carbocycles. The highest BCUT2D eigenvalue weighted by Gasteiger charge is 2.29. The van der Waals surface area contributed by atoms with E-state index in [1.165, 1.54) is 4.90 Å². The molecule has 0 spiro atoms. The van der Waals surface area contributed by atoms with Gasteiger partial charge in [0.1, 0.15) is 11.6 Å². The first-order valence-corrected chi connectivity index (χ1v) is 5.93. The lowest BCUT2D eigenvalue weighted by Gasteiger charge is -2.28. The van der Waals surface area contributed by atoms with Gasteiger partial charge in [-0.2, -0.15) is 0 Å². The number of pyridine rings is 1. The molecule has 0 aliphatic carbocycles. The van der Waals surface area contributed by atoms with Gasteiger partial charge in [-0.25, -0.2) is 9.78 Å². The van der Waals surface area contributed by atoms with Gasteiger partial charge in [0.2, 0.25) is 0 Å². The van der Waals surface area contributed by atoms with Gasteiger partial charge in [-0.15, -0.1) is 0 Å². The van der Waals surface area contributed by atoms with Crippen LogP contribution in [0.5, 0.6) is 0 Å². The minimum absolute atomic E-state index is 0.345. The molecule has 3 rings (SSSR count). The van der Waals surface area contributed by atoms with Crippen molar-refractivity contribution in [2.75, 3.05) is 4.90 Å². The second-order valence-electron chi connectivity index (χ2n) is 4.24. The van der Waals surface area contributed by atoms with Crippen LogP contribution >= 0.6 is 0 Å². The molecular weight excluding hydrogens is 240 g/mol. The summed E-state index contributed by atoms with van der Waals surface area (Å²) in [4.78, 5) is 17.7. The maximum Gasteiger partial charge on any atom is 0.421 e. The zero-order valence-electron chi connectivity index (χ0n) is 10.2. The van der Waals surface area contributed by atoms with Gasteiger partial charge in [0.25, 0.3) is 0 Å². The van der Waals surface area contributed by atoms with Crippen LogP contribution in [0.4, 0.5) is 10.6 Å². The second-order valence-corrected chi connectivity index (χ2v) is 4.24. The Kier molecular flexibility index (Phi) is 2.76. The first kappa shape index (κ1) is 11.5. The van der Waals surface area contributed by atoms with Crippen LogP contribution in [0.25, 0.3) is 5.76 Å². The number of cyclic esters (lactones) is 1. The van der Waals surface area contributed by atoms with Crippen molar-refractivity contribution in [2.24, 2.45) is 0 Å². The first-order valence-electron chi connectivity index (χ1n) is 5.93. The SMILES string of the molecule is C=C1OC(=O)N(Cc2ccccc2)c2ncccc21. The molecule has 0 atom stereocenters. The van der Waals surface area contributed by atoms with Gasteiger partial charge in [-0.1, -0.05) is 36.9 Å². The fourth-order valence-corrected chi connectivity index (χ4v) is 2.04. The summed E-state index contributed by atoms with van der Waals surface area (Å²) >= 11 is 0. The third-order valence-corrected chi connectivity index (χ3v) is 2.96. The Hall–Kier alpha value is -2.62. The van der Waals surface area contributed by atoms with Crippen LogP contribution in [0.3, 0.4) is 0 Å². The molecule has 1 aliphatic rings. The predicted octanol–water partition coefficient (Wildman–Crippen LogP) is 3.21. The topological polar surface area (TPSA) is 42.4 Å². The van der Waals surface area contributed by atoms with E-state index in [9.17, 15) is 4.79 Å². The van der Waals surface area contributed by atoms with E-state index in [2.05, 4.69) is 11.6 Å². The quantitative estimate of drug-likeness (QED) is 0.824. The van der Waals surface area contributed by atoms with Crippen molar-refractivity contribution in [1.29, 1.82) is 0 Å². The number of aromatic nitrogens is 1. The van der Waals surface area contributed by atoms with Crippen LogP contribution in [0.1, 0.15) is 11.1 Å². The van der Waals surface area contributed by atoms with E-state index >= 15 is 0 Å². The van der Waals surface area contributed by atoms with E-state index in [-0.39, 0.29) is 0 Å². The number of amides is 1. The number of carbonyl (C=O) groups excluding carboxylic acids is 1. The Labute approximate surface area is 111 Å². The third kappa shape index (κ3) is 2.08. The van der Waals surface area contributed by atoms with Gasteiger partial charge >= 0.3 is 6.09 Å². The smallest absolute Gasteiger partial charge is 0.410 e. The molecule has 1 amide bonds. The van der Waals surface area contributed by atoms with Gasteiger partial charge in [0.05, 0.1) is 12.1 Å². The number of hydrogen-bond acceptors (Lipinski definition) is 3. The molecule has 19 heavy (non-hydrogen) atoms. The van der Waals surface area contributed by atoms with Crippen LogP contribution in [0.2, 0.25) is 0 Å². The second kappa shape index (κ2) is 4.57. The summed E-state index contributed by atoms with van der Waals surface area (Å²) in [7, 11) is 0. The third-order valence-electron chi connectivity index (χ3n) is 2.96. The van der Waals surface area contributed by atoms with Gasteiger partial charge in [-0.3, -0.25) is 4.90 Å². The number of benzene rings is 1. The van der Waals surface area contributed by atoms with E-state index in [1.807, 2.05) is 36.4 Å². The normalized spacial score (nSPS) is 14.0. The molecule has 1 aromatic carbocycles. The number of ether oxygens (including phenoxy) is 1. The predicted molar refractivity (Wildman–Crippen MR) is 72.4 cm³/mol. The standard InChI is InChI=1S/C15H12N2O2/c1-11-13-8-5-9-16-14(13)17(15(18)19-11)10-12-6-3-2-4-7-12/h2-9H,1,10H2. The minimum Gasteiger partial charge on any atom is -0.410 e. The molecule has 0 N–H and O–H groups in total. The van der Waals surface area contributed by atoms with Crippen molar-refractivity contribution >= 4 is 17.7 Å². The van der Waals surface area contributed by atoms with Crippen LogP contribution in [-0.4, -0.2) is 11.1 Å². The van der Waals surface area contributed by atoms with Crippen molar-refractivity contribution in [3.05, 3.63) is 66.4 Å². The number of anilines is 1. The van der Waals surface area contributed by atoms with Gasteiger partial charge in [0.15, 0.2) is 0 Å². The summed E-state index contributed by atoms with van der Waals surface area (Å²) < 4.78 is 5.15. The molecule has 0 radical (unpaired) electrons. The van der Waals surface area contributed by atoms with Crippen LogP contribution in [0.15, 0.2) is 55.2 Å². The highest BCUT2D eigenvalue weighted by atomic mass is 16.6. The lowest BCUT2D eigenvalue weighted by molar-refractivity contribution is 0.196. The largest absolute Gasteiger partial charge is 0.421 e. The Morgan fingerprint density at radius 1 is 1.16 bits per heavy atom. The zero-order chi connectivity index (χ0) is 13.2. The number of nitrogens with zero attached hydrogens (tertiary/aromatic N) is 2. The maximum absolute atomic E-state index is 12.0. The minimum atomic E-state index is -0.444. The molecule has 0 bridgehead atoms. The molecular formula is C15H12N2O2. The van der Waals surface area contributed by atoms with E-state index in [0.717, 1.165) is 11.1 Å². The van der Waals surface area contributed by atoms with Crippen LogP contribution in [-0.2, 0) is 11.3 Å². The van der Waals surface area contributed by atoms with Crippen LogP contribution in [0, 0.1) is 0 Å². The molecule has 4 heteroatoms. The summed E-state index contributed by atoms with van der Waals surface area (Å²) in [6.07, 6.45) is 1.21. The number of carbonyl (C=O) groups is 1. The van der Waals surface area contributed by atoms with E-state index in [4.69, 9.17) is 4.74 Å². The fourth-order valence-electron chi connectivity index (χ4n) is 2.04. The molecule has 2 aromatic rings. The zero-order valence-corrected chi connectivity index (χ0v) is 10.2. The van der Waals surface area contributed by atoms with Gasteiger partial charge in [0, 0.05) is 6.20 Å². The number of hydrogen-bond donors (Lipinski definition) is 0. The van der Waals surface area contributed by atoms with E-state index in [1.54, 1.807) is 12.3 Å². The van der Waals surface area contributed by atoms with Crippen molar-refractivity contribution in [2.45, 2.75) is 6.54 Å². The van der Waals surface area contributed by atoms with Gasteiger partial charge < -0.3 is 4.74 Å². The van der Waals surface area contributed by atoms with E-state index in [0.29, 0.717) is 18.1 Å². The van der Waals surface area contributed by atoms with Crippen LogP contribution < -0.4 is 4.90 Å². The lowest BCUT2D eigenvalue weighted by atomic mass is 10.1. The molecule has 1 aliphatic heterocycles. The Bertz CT molecular complexity index is 638. The van der Waals surface area contributed by atoms with Crippen molar-refractivity contribution < 1.29 is 9.53 Å². The molecule has 4 nitrogen and oxygen atoms in total. The van der Waals surface area contributed by atoms with Crippen molar-refractivity contribution in [1.82, 2.24) is 4.98 Å². The van der Waals surface area contributed by atoms with Gasteiger partial charge in [-0.05, 0) is 17.7 Å². The lowest BCUT2D eigenvalue weighted by Crippen LogP contribution is -2.35. The average molecular weight is 252 g/mol. The molecule has 2 heterocycles. The molecule has 94 valence electrons. The number of rotatable bonds is 2. The first-order chi connectivity index (χ1) is 9.25. The molecule has 1 aromatic heterocycles. The summed E-state index contributed by atoms with van der Waals surface area (Å²) in [5.74, 6) is 0.935.